The first-order valence-corrected chi connectivity index (χ1v) is 9.61. The molecular formula is C18H25ClN6O. The maximum Gasteiger partial charge on any atom is 0.247 e. The average molecular weight is 377 g/mol. The Hall–Kier alpha value is -1.83. The highest BCUT2D eigenvalue weighted by molar-refractivity contribution is 6.30. The van der Waals surface area contributed by atoms with Gasteiger partial charge in [-0.25, -0.2) is 5.10 Å². The topological polar surface area (TPSA) is 83.3 Å². The van der Waals surface area contributed by atoms with Crippen molar-refractivity contribution in [1.82, 2.24) is 20.1 Å². The summed E-state index contributed by atoms with van der Waals surface area (Å²) < 4.78 is 5.80. The van der Waals surface area contributed by atoms with E-state index in [2.05, 4.69) is 37.1 Å². The van der Waals surface area contributed by atoms with Gasteiger partial charge in [0, 0.05) is 24.2 Å². The van der Waals surface area contributed by atoms with Gasteiger partial charge in [-0.15, -0.1) is 5.10 Å². The molecule has 8 heteroatoms. The predicted octanol–water partition coefficient (Wildman–Crippen LogP) is 2.30. The van der Waals surface area contributed by atoms with Gasteiger partial charge in [0.25, 0.3) is 0 Å². The minimum atomic E-state index is 0.278. The third-order valence-electron chi connectivity index (χ3n) is 5.26. The van der Waals surface area contributed by atoms with Crippen LogP contribution in [0.2, 0.25) is 5.02 Å². The first-order valence-electron chi connectivity index (χ1n) is 9.23. The number of aromatic amines is 1. The highest BCUT2D eigenvalue weighted by Crippen LogP contribution is 2.28. The molecule has 2 saturated heterocycles. The molecule has 1 aromatic heterocycles. The number of aromatic nitrogens is 3. The molecule has 0 spiro atoms. The van der Waals surface area contributed by atoms with Gasteiger partial charge in [0.05, 0.1) is 19.4 Å². The number of halogens is 1. The molecule has 2 aliphatic rings. The van der Waals surface area contributed by atoms with Gasteiger partial charge in [0.15, 0.2) is 0 Å². The quantitative estimate of drug-likeness (QED) is 0.851. The van der Waals surface area contributed by atoms with E-state index in [1.54, 1.807) is 0 Å². The largest absolute Gasteiger partial charge is 0.378 e. The van der Waals surface area contributed by atoms with Crippen LogP contribution >= 0.6 is 11.6 Å². The molecule has 3 heterocycles. The fourth-order valence-corrected chi connectivity index (χ4v) is 4.14. The van der Waals surface area contributed by atoms with Crippen LogP contribution in [0.4, 0.5) is 11.9 Å². The zero-order valence-electron chi connectivity index (χ0n) is 14.8. The fraction of sp³-hybridized carbons (Fsp3) is 0.556. The van der Waals surface area contributed by atoms with E-state index < -0.39 is 0 Å². The highest BCUT2D eigenvalue weighted by Gasteiger charge is 2.35. The average Bonchev–Trinajstić information content (AvgIpc) is 3.10. The molecule has 0 saturated carbocycles. The summed E-state index contributed by atoms with van der Waals surface area (Å²) in [7, 11) is 0. The van der Waals surface area contributed by atoms with Crippen molar-refractivity contribution in [2.75, 3.05) is 36.9 Å². The van der Waals surface area contributed by atoms with Crippen molar-refractivity contribution >= 4 is 23.5 Å². The van der Waals surface area contributed by atoms with E-state index in [0.29, 0.717) is 17.9 Å². The summed E-state index contributed by atoms with van der Waals surface area (Å²) >= 11 is 6.02. The molecule has 140 valence electrons. The maximum absolute atomic E-state index is 6.02. The standard InChI is InChI=1S/C18H25ClN6O/c19-14-6-4-13(5-7-14)11-15-12-26-10-9-24(15)16-3-1-2-8-25(16)18-21-17(20)22-23-18/h4-7,15-16H,1-3,8-12H2,(H3,20,21,22,23). The van der Waals surface area contributed by atoms with Crippen LogP contribution in [0.15, 0.2) is 24.3 Å². The molecule has 0 aliphatic carbocycles. The highest BCUT2D eigenvalue weighted by atomic mass is 35.5. The van der Waals surface area contributed by atoms with Crippen LogP contribution in [0, 0.1) is 0 Å². The summed E-state index contributed by atoms with van der Waals surface area (Å²) in [5, 5.41) is 7.83. The Kier molecular flexibility index (Phi) is 5.28. The Morgan fingerprint density at radius 1 is 1.23 bits per heavy atom. The molecule has 3 N–H and O–H groups in total. The lowest BCUT2D eigenvalue weighted by Gasteiger charge is -2.47. The van der Waals surface area contributed by atoms with Crippen LogP contribution in [0.25, 0.3) is 0 Å². The van der Waals surface area contributed by atoms with Crippen LogP contribution < -0.4 is 10.6 Å². The SMILES string of the molecule is Nc1nc(N2CCCCC2N2CCOCC2Cc2ccc(Cl)cc2)n[nH]1. The molecule has 1 aromatic carbocycles. The minimum absolute atomic E-state index is 0.278. The lowest BCUT2D eigenvalue weighted by molar-refractivity contribution is -0.0339. The molecule has 2 aromatic rings. The van der Waals surface area contributed by atoms with Crippen molar-refractivity contribution in [2.24, 2.45) is 0 Å². The number of H-pyrrole nitrogens is 1. The van der Waals surface area contributed by atoms with Gasteiger partial charge >= 0.3 is 0 Å². The number of nitrogens with zero attached hydrogens (tertiary/aromatic N) is 4. The summed E-state index contributed by atoms with van der Waals surface area (Å²) in [5.41, 5.74) is 7.03. The summed E-state index contributed by atoms with van der Waals surface area (Å²) in [6.07, 6.45) is 4.69. The molecular weight excluding hydrogens is 352 g/mol. The Balaban J connectivity index is 1.54. The number of hydrogen-bond donors (Lipinski definition) is 2. The van der Waals surface area contributed by atoms with Crippen molar-refractivity contribution in [3.63, 3.8) is 0 Å². The third-order valence-corrected chi connectivity index (χ3v) is 5.51. The van der Waals surface area contributed by atoms with Crippen LogP contribution in [-0.2, 0) is 11.2 Å². The molecule has 0 amide bonds. The normalized spacial score (nSPS) is 24.7. The summed E-state index contributed by atoms with van der Waals surface area (Å²) in [4.78, 5) is 9.21. The third kappa shape index (κ3) is 3.79. The number of ether oxygens (including phenoxy) is 1. The van der Waals surface area contributed by atoms with Gasteiger partial charge < -0.3 is 15.4 Å². The summed E-state index contributed by atoms with van der Waals surface area (Å²) in [5.74, 6) is 1.06. The van der Waals surface area contributed by atoms with E-state index in [0.717, 1.165) is 50.6 Å². The van der Waals surface area contributed by atoms with E-state index in [4.69, 9.17) is 22.1 Å². The van der Waals surface area contributed by atoms with Gasteiger partial charge in [0.2, 0.25) is 11.9 Å². The second-order valence-electron chi connectivity index (χ2n) is 6.99. The molecule has 26 heavy (non-hydrogen) atoms. The molecule has 0 radical (unpaired) electrons. The van der Waals surface area contributed by atoms with E-state index in [1.165, 1.54) is 12.0 Å². The first kappa shape index (κ1) is 17.6. The second-order valence-corrected chi connectivity index (χ2v) is 7.42. The number of rotatable bonds is 4. The lowest BCUT2D eigenvalue weighted by Crippen LogP contribution is -2.59. The number of nitrogens with two attached hydrogens (primary N) is 1. The number of nitrogen functional groups attached to an aromatic ring is 1. The molecule has 2 aliphatic heterocycles. The van der Waals surface area contributed by atoms with Crippen molar-refractivity contribution < 1.29 is 4.74 Å². The number of hydrogen-bond acceptors (Lipinski definition) is 6. The van der Waals surface area contributed by atoms with Crippen molar-refractivity contribution in [1.29, 1.82) is 0 Å². The van der Waals surface area contributed by atoms with Gasteiger partial charge in [-0.05, 0) is 43.4 Å². The smallest absolute Gasteiger partial charge is 0.247 e. The molecule has 2 atom stereocenters. The molecule has 2 unspecified atom stereocenters. The number of benzene rings is 1. The minimum Gasteiger partial charge on any atom is -0.378 e. The van der Waals surface area contributed by atoms with Crippen LogP contribution in [0.5, 0.6) is 0 Å². The Morgan fingerprint density at radius 3 is 2.85 bits per heavy atom. The molecule has 0 bridgehead atoms. The first-order chi connectivity index (χ1) is 12.7. The van der Waals surface area contributed by atoms with Gasteiger partial charge in [0.1, 0.15) is 0 Å². The van der Waals surface area contributed by atoms with E-state index in [9.17, 15) is 0 Å². The van der Waals surface area contributed by atoms with Crippen LogP contribution in [0.1, 0.15) is 24.8 Å². The predicted molar refractivity (Wildman–Crippen MR) is 102 cm³/mol. The number of anilines is 2. The van der Waals surface area contributed by atoms with Gasteiger partial charge in [-0.1, -0.05) is 23.7 Å². The molecule has 4 rings (SSSR count). The summed E-state index contributed by atoms with van der Waals surface area (Å²) in [6, 6.07) is 8.43. The monoisotopic (exact) mass is 376 g/mol. The van der Waals surface area contributed by atoms with Crippen molar-refractivity contribution in [3.8, 4) is 0 Å². The Morgan fingerprint density at radius 2 is 2.08 bits per heavy atom. The zero-order valence-corrected chi connectivity index (χ0v) is 15.5. The number of piperidine rings is 1. The van der Waals surface area contributed by atoms with Crippen molar-refractivity contribution in [2.45, 2.75) is 37.9 Å². The lowest BCUT2D eigenvalue weighted by atomic mass is 10.0. The number of morpholine rings is 1. The van der Waals surface area contributed by atoms with Crippen molar-refractivity contribution in [3.05, 3.63) is 34.9 Å². The molecule has 7 nitrogen and oxygen atoms in total. The van der Waals surface area contributed by atoms with Crippen LogP contribution in [0.3, 0.4) is 0 Å². The van der Waals surface area contributed by atoms with E-state index in [-0.39, 0.29) is 6.17 Å². The van der Waals surface area contributed by atoms with E-state index >= 15 is 0 Å². The molecule has 2 fully saturated rings. The fourth-order valence-electron chi connectivity index (χ4n) is 4.01. The zero-order chi connectivity index (χ0) is 17.9. The van der Waals surface area contributed by atoms with Gasteiger partial charge in [-0.2, -0.15) is 4.98 Å². The van der Waals surface area contributed by atoms with Crippen LogP contribution in [-0.4, -0.2) is 58.6 Å². The van der Waals surface area contributed by atoms with Gasteiger partial charge in [-0.3, -0.25) is 4.90 Å². The summed E-state index contributed by atoms with van der Waals surface area (Å²) in [6.45, 7) is 3.37. The number of nitrogens with one attached hydrogen (secondary N) is 1. The maximum atomic E-state index is 6.02. The second kappa shape index (κ2) is 7.82. The Labute approximate surface area is 158 Å². The van der Waals surface area contributed by atoms with E-state index in [1.807, 2.05) is 12.1 Å². The Bertz CT molecular complexity index is 721.